The molecule has 2 heterocycles. The molecule has 2 aliphatic rings. The van der Waals surface area contributed by atoms with E-state index in [0.29, 0.717) is 43.9 Å². The second-order valence-electron chi connectivity index (χ2n) is 8.45. The van der Waals surface area contributed by atoms with Crippen molar-refractivity contribution in [1.29, 1.82) is 0 Å². The molecule has 2 fully saturated rings. The second-order valence-corrected chi connectivity index (χ2v) is 10.4. The van der Waals surface area contributed by atoms with Crippen molar-refractivity contribution in [3.63, 3.8) is 0 Å². The molecule has 158 valence electrons. The van der Waals surface area contributed by atoms with Crippen LogP contribution in [-0.4, -0.2) is 56.3 Å². The number of aryl methyl sites for hydroxylation is 2. The smallest absolute Gasteiger partial charge is 0.243 e. The van der Waals surface area contributed by atoms with Crippen molar-refractivity contribution in [3.05, 3.63) is 29.3 Å². The molecule has 1 amide bonds. The molecule has 6 nitrogen and oxygen atoms in total. The minimum atomic E-state index is -3.50. The van der Waals surface area contributed by atoms with E-state index in [0.717, 1.165) is 24.1 Å². The van der Waals surface area contributed by atoms with Crippen LogP contribution in [0.15, 0.2) is 23.1 Å². The van der Waals surface area contributed by atoms with Gasteiger partial charge in [0.2, 0.25) is 15.9 Å². The van der Waals surface area contributed by atoms with Gasteiger partial charge < -0.3 is 10.6 Å². The van der Waals surface area contributed by atoms with Crippen molar-refractivity contribution >= 4 is 28.3 Å². The maximum atomic E-state index is 12.9. The average Bonchev–Trinajstić information content (AvgIpc) is 3.06. The summed E-state index contributed by atoms with van der Waals surface area (Å²) < 4.78 is 27.4. The summed E-state index contributed by atoms with van der Waals surface area (Å²) in [5.74, 6) is 0.0757. The number of hydrogen-bond donors (Lipinski definition) is 1. The Balaban J connectivity index is 0.00000280. The summed E-state index contributed by atoms with van der Waals surface area (Å²) in [5.41, 5.74) is 7.90. The van der Waals surface area contributed by atoms with Crippen LogP contribution in [0.25, 0.3) is 0 Å². The number of carbonyl (C=O) groups is 1. The second kappa shape index (κ2) is 8.69. The fourth-order valence-electron chi connectivity index (χ4n) is 4.00. The van der Waals surface area contributed by atoms with Crippen LogP contribution in [0.4, 0.5) is 0 Å². The summed E-state index contributed by atoms with van der Waals surface area (Å²) in [4.78, 5) is 15.1. The first-order valence-electron chi connectivity index (χ1n) is 9.72. The Labute approximate surface area is 174 Å². The lowest BCUT2D eigenvalue weighted by molar-refractivity contribution is -0.136. The first-order valence-corrected chi connectivity index (χ1v) is 11.2. The molecule has 0 saturated carbocycles. The van der Waals surface area contributed by atoms with Gasteiger partial charge in [0, 0.05) is 32.1 Å². The van der Waals surface area contributed by atoms with Crippen LogP contribution in [0.3, 0.4) is 0 Å². The number of benzene rings is 1. The molecule has 1 atom stereocenters. The summed E-state index contributed by atoms with van der Waals surface area (Å²) in [7, 11) is -3.50. The van der Waals surface area contributed by atoms with Crippen LogP contribution in [0.2, 0.25) is 0 Å². The Morgan fingerprint density at radius 2 is 1.82 bits per heavy atom. The van der Waals surface area contributed by atoms with Crippen molar-refractivity contribution in [1.82, 2.24) is 9.21 Å². The first kappa shape index (κ1) is 23.1. The highest BCUT2D eigenvalue weighted by atomic mass is 35.5. The molecule has 0 bridgehead atoms. The maximum Gasteiger partial charge on any atom is 0.243 e. The van der Waals surface area contributed by atoms with Crippen molar-refractivity contribution in [3.8, 4) is 0 Å². The molecule has 28 heavy (non-hydrogen) atoms. The van der Waals surface area contributed by atoms with Gasteiger partial charge in [0.25, 0.3) is 0 Å². The monoisotopic (exact) mass is 429 g/mol. The molecule has 8 heteroatoms. The number of amides is 1. The highest BCUT2D eigenvalue weighted by molar-refractivity contribution is 7.89. The molecule has 0 radical (unpaired) electrons. The number of hydrogen-bond acceptors (Lipinski definition) is 4. The SMILES string of the molecule is Cc1ccc(S(=O)(=O)N2CCC(C(=O)N3CCC(C)(CN)C3)CC2)cc1C.Cl. The van der Waals surface area contributed by atoms with Crippen LogP contribution in [0, 0.1) is 25.2 Å². The summed E-state index contributed by atoms with van der Waals surface area (Å²) in [6.45, 7) is 8.86. The van der Waals surface area contributed by atoms with Gasteiger partial charge in [0.05, 0.1) is 4.90 Å². The predicted molar refractivity (Wildman–Crippen MR) is 113 cm³/mol. The van der Waals surface area contributed by atoms with E-state index >= 15 is 0 Å². The van der Waals surface area contributed by atoms with Gasteiger partial charge in [0.15, 0.2) is 0 Å². The molecule has 0 aliphatic carbocycles. The quantitative estimate of drug-likeness (QED) is 0.796. The number of nitrogens with zero attached hydrogens (tertiary/aromatic N) is 2. The van der Waals surface area contributed by atoms with E-state index in [9.17, 15) is 13.2 Å². The van der Waals surface area contributed by atoms with Crippen molar-refractivity contribution < 1.29 is 13.2 Å². The fourth-order valence-corrected chi connectivity index (χ4v) is 5.56. The number of halogens is 1. The topological polar surface area (TPSA) is 83.7 Å². The van der Waals surface area contributed by atoms with Crippen LogP contribution in [0.5, 0.6) is 0 Å². The van der Waals surface area contributed by atoms with Crippen molar-refractivity contribution in [2.45, 2.75) is 44.9 Å². The molecule has 2 aliphatic heterocycles. The third-order valence-corrected chi connectivity index (χ3v) is 8.18. The number of rotatable bonds is 4. The normalized spacial score (nSPS) is 24.2. The van der Waals surface area contributed by atoms with Gasteiger partial charge in [-0.15, -0.1) is 12.4 Å². The summed E-state index contributed by atoms with van der Waals surface area (Å²) in [6, 6.07) is 5.26. The van der Waals surface area contributed by atoms with E-state index in [1.165, 1.54) is 4.31 Å². The number of carbonyl (C=O) groups excluding carboxylic acids is 1. The lowest BCUT2D eigenvalue weighted by Gasteiger charge is -2.33. The van der Waals surface area contributed by atoms with E-state index in [2.05, 4.69) is 6.92 Å². The van der Waals surface area contributed by atoms with Gasteiger partial charge in [-0.1, -0.05) is 13.0 Å². The number of likely N-dealkylation sites (tertiary alicyclic amines) is 1. The maximum absolute atomic E-state index is 12.9. The molecular weight excluding hydrogens is 398 g/mol. The van der Waals surface area contributed by atoms with E-state index in [1.54, 1.807) is 12.1 Å². The summed E-state index contributed by atoms with van der Waals surface area (Å²) >= 11 is 0. The van der Waals surface area contributed by atoms with Crippen LogP contribution in [0.1, 0.15) is 37.3 Å². The van der Waals surface area contributed by atoms with Crippen molar-refractivity contribution in [2.24, 2.45) is 17.1 Å². The Hall–Kier alpha value is -1.15. The minimum Gasteiger partial charge on any atom is -0.342 e. The van der Waals surface area contributed by atoms with E-state index in [-0.39, 0.29) is 29.6 Å². The Kier molecular flexibility index (Phi) is 7.18. The molecule has 1 aromatic rings. The zero-order chi connectivity index (χ0) is 19.8. The number of nitrogens with two attached hydrogens (primary N) is 1. The predicted octanol–water partition coefficient (Wildman–Crippen LogP) is 2.32. The Bertz CT molecular complexity index is 822. The zero-order valence-corrected chi connectivity index (χ0v) is 18.6. The molecular formula is C20H32ClN3O3S. The van der Waals surface area contributed by atoms with E-state index in [4.69, 9.17) is 5.73 Å². The van der Waals surface area contributed by atoms with Gasteiger partial charge in [-0.25, -0.2) is 8.42 Å². The van der Waals surface area contributed by atoms with E-state index in [1.807, 2.05) is 24.8 Å². The lowest BCUT2D eigenvalue weighted by Crippen LogP contribution is -2.44. The van der Waals surface area contributed by atoms with Gasteiger partial charge >= 0.3 is 0 Å². The highest BCUT2D eigenvalue weighted by Crippen LogP contribution is 2.32. The Morgan fingerprint density at radius 3 is 2.36 bits per heavy atom. The molecule has 1 unspecified atom stereocenters. The summed E-state index contributed by atoms with van der Waals surface area (Å²) in [5, 5.41) is 0. The van der Waals surface area contributed by atoms with Gasteiger partial charge in [-0.3, -0.25) is 4.79 Å². The number of sulfonamides is 1. The van der Waals surface area contributed by atoms with Crippen LogP contribution in [-0.2, 0) is 14.8 Å². The first-order chi connectivity index (χ1) is 12.7. The molecule has 2 N–H and O–H groups in total. The van der Waals surface area contributed by atoms with E-state index < -0.39 is 10.0 Å². The molecule has 1 aromatic carbocycles. The van der Waals surface area contributed by atoms with Gasteiger partial charge in [-0.2, -0.15) is 4.31 Å². The standard InChI is InChI=1S/C20H31N3O3S.ClH/c1-15-4-5-18(12-16(15)2)27(25,26)23-9-6-17(7-10-23)19(24)22-11-8-20(3,13-21)14-22;/h4-5,12,17H,6-11,13-14,21H2,1-3H3;1H. The molecule has 3 rings (SSSR count). The zero-order valence-electron chi connectivity index (χ0n) is 17.0. The Morgan fingerprint density at radius 1 is 1.18 bits per heavy atom. The van der Waals surface area contributed by atoms with Gasteiger partial charge in [-0.05, 0) is 68.3 Å². The lowest BCUT2D eigenvalue weighted by atomic mass is 9.90. The molecule has 0 aromatic heterocycles. The van der Waals surface area contributed by atoms with Crippen LogP contribution >= 0.6 is 12.4 Å². The van der Waals surface area contributed by atoms with Gasteiger partial charge in [0.1, 0.15) is 0 Å². The third kappa shape index (κ3) is 4.53. The minimum absolute atomic E-state index is 0. The number of piperidine rings is 1. The van der Waals surface area contributed by atoms with Crippen molar-refractivity contribution in [2.75, 3.05) is 32.7 Å². The highest BCUT2D eigenvalue weighted by Gasteiger charge is 2.39. The molecule has 2 saturated heterocycles. The average molecular weight is 430 g/mol. The largest absolute Gasteiger partial charge is 0.342 e. The third-order valence-electron chi connectivity index (χ3n) is 6.28. The van der Waals surface area contributed by atoms with Crippen LogP contribution < -0.4 is 5.73 Å². The fraction of sp³-hybridized carbons (Fsp3) is 0.650. The summed E-state index contributed by atoms with van der Waals surface area (Å²) in [6.07, 6.45) is 2.10. The molecule has 0 spiro atoms.